The van der Waals surface area contributed by atoms with E-state index < -0.39 is 0 Å². The zero-order valence-electron chi connectivity index (χ0n) is 10.5. The molecule has 1 aliphatic heterocycles. The van der Waals surface area contributed by atoms with Crippen molar-refractivity contribution in [2.75, 3.05) is 6.54 Å². The summed E-state index contributed by atoms with van der Waals surface area (Å²) in [6, 6.07) is 13.0. The summed E-state index contributed by atoms with van der Waals surface area (Å²) < 4.78 is 0. The summed E-state index contributed by atoms with van der Waals surface area (Å²) in [6.45, 7) is 2.12. The van der Waals surface area contributed by atoms with Gasteiger partial charge in [-0.15, -0.1) is 0 Å². The summed E-state index contributed by atoms with van der Waals surface area (Å²) in [5.41, 5.74) is 4.38. The molecule has 3 rings (SSSR count). The molecule has 18 heavy (non-hydrogen) atoms. The van der Waals surface area contributed by atoms with E-state index in [1.165, 1.54) is 23.1 Å². The molecule has 1 atom stereocenters. The Labute approximate surface area is 108 Å². The monoisotopic (exact) mass is 238 g/mol. The summed E-state index contributed by atoms with van der Waals surface area (Å²) in [4.78, 5) is 4.06. The number of aromatic nitrogens is 1. The molecule has 1 aromatic heterocycles. The van der Waals surface area contributed by atoms with Crippen molar-refractivity contribution >= 4 is 0 Å². The van der Waals surface area contributed by atoms with E-state index in [4.69, 9.17) is 0 Å². The maximum Gasteiger partial charge on any atom is 0.0270 e. The van der Waals surface area contributed by atoms with Crippen LogP contribution in [0.1, 0.15) is 29.0 Å². The van der Waals surface area contributed by atoms with Crippen LogP contribution in [-0.4, -0.2) is 11.5 Å². The van der Waals surface area contributed by atoms with Crippen LogP contribution in [0.15, 0.2) is 48.8 Å². The number of nitrogens with zero attached hydrogens (tertiary/aromatic N) is 1. The van der Waals surface area contributed by atoms with Crippen LogP contribution in [0.2, 0.25) is 0 Å². The van der Waals surface area contributed by atoms with Crippen LogP contribution in [0.3, 0.4) is 0 Å². The van der Waals surface area contributed by atoms with Crippen LogP contribution in [-0.2, 0) is 13.0 Å². The predicted molar refractivity (Wildman–Crippen MR) is 73.4 cm³/mol. The minimum Gasteiger partial charge on any atom is -0.312 e. The molecule has 92 valence electrons. The molecule has 1 N–H and O–H groups in total. The number of benzene rings is 1. The molecule has 0 saturated carbocycles. The average molecular weight is 238 g/mol. The van der Waals surface area contributed by atoms with Crippen LogP contribution < -0.4 is 5.32 Å². The van der Waals surface area contributed by atoms with E-state index in [0.717, 1.165) is 19.5 Å². The summed E-state index contributed by atoms with van der Waals surface area (Å²) in [7, 11) is 0. The maximum absolute atomic E-state index is 4.06. The number of hydrogen-bond donors (Lipinski definition) is 1. The Morgan fingerprint density at radius 2 is 1.94 bits per heavy atom. The first-order valence-corrected chi connectivity index (χ1v) is 6.61. The summed E-state index contributed by atoms with van der Waals surface area (Å²) >= 11 is 0. The highest BCUT2D eigenvalue weighted by molar-refractivity contribution is 5.32. The Morgan fingerprint density at radius 3 is 2.83 bits per heavy atom. The van der Waals surface area contributed by atoms with Crippen LogP contribution in [0.5, 0.6) is 0 Å². The number of rotatable bonds is 3. The summed E-state index contributed by atoms with van der Waals surface area (Å²) in [5.74, 6) is 0.642. The lowest BCUT2D eigenvalue weighted by molar-refractivity contribution is 0.514. The van der Waals surface area contributed by atoms with Crippen molar-refractivity contribution in [2.24, 2.45) is 0 Å². The molecule has 2 heterocycles. The molecule has 1 aromatic carbocycles. The molecule has 0 fully saturated rings. The molecular formula is C16H18N2. The smallest absolute Gasteiger partial charge is 0.0270 e. The van der Waals surface area contributed by atoms with Gasteiger partial charge < -0.3 is 5.32 Å². The molecule has 0 spiro atoms. The number of fused-ring (bicyclic) bond motifs is 1. The third kappa shape index (κ3) is 2.44. The first-order chi connectivity index (χ1) is 8.93. The summed E-state index contributed by atoms with van der Waals surface area (Å²) in [6.07, 6.45) is 6.09. The zero-order valence-corrected chi connectivity index (χ0v) is 10.5. The molecule has 0 saturated heterocycles. The predicted octanol–water partition coefficient (Wildman–Crippen LogP) is 2.90. The Hall–Kier alpha value is -1.67. The highest BCUT2D eigenvalue weighted by Gasteiger charge is 2.18. The SMILES string of the molecule is c1ccc2c(c1)CNCC2CCc1ccncc1. The van der Waals surface area contributed by atoms with Crippen LogP contribution in [0.25, 0.3) is 0 Å². The minimum atomic E-state index is 0.642. The average Bonchev–Trinajstić information content (AvgIpc) is 2.46. The van der Waals surface area contributed by atoms with Gasteiger partial charge in [-0.25, -0.2) is 0 Å². The first-order valence-electron chi connectivity index (χ1n) is 6.61. The quantitative estimate of drug-likeness (QED) is 0.889. The van der Waals surface area contributed by atoms with Gasteiger partial charge in [-0.3, -0.25) is 4.98 Å². The van der Waals surface area contributed by atoms with Crippen molar-refractivity contribution in [3.63, 3.8) is 0 Å². The van der Waals surface area contributed by atoms with Gasteiger partial charge in [0.25, 0.3) is 0 Å². The second-order valence-corrected chi connectivity index (χ2v) is 4.92. The number of pyridine rings is 1. The van der Waals surface area contributed by atoms with Gasteiger partial charge in [0, 0.05) is 25.5 Å². The largest absolute Gasteiger partial charge is 0.312 e. The number of aryl methyl sites for hydroxylation is 1. The zero-order chi connectivity index (χ0) is 12.2. The van der Waals surface area contributed by atoms with Gasteiger partial charge in [0.05, 0.1) is 0 Å². The molecule has 2 heteroatoms. The lowest BCUT2D eigenvalue weighted by atomic mass is 9.87. The van der Waals surface area contributed by atoms with Crippen molar-refractivity contribution in [3.8, 4) is 0 Å². The van der Waals surface area contributed by atoms with E-state index in [-0.39, 0.29) is 0 Å². The van der Waals surface area contributed by atoms with Gasteiger partial charge in [-0.05, 0) is 47.6 Å². The Kier molecular flexibility index (Phi) is 3.37. The van der Waals surface area contributed by atoms with Crippen LogP contribution in [0.4, 0.5) is 0 Å². The Morgan fingerprint density at radius 1 is 1.11 bits per heavy atom. The molecule has 0 amide bonds. The Balaban J connectivity index is 1.71. The lowest BCUT2D eigenvalue weighted by Crippen LogP contribution is -2.28. The maximum atomic E-state index is 4.06. The molecule has 0 aliphatic carbocycles. The number of hydrogen-bond acceptors (Lipinski definition) is 2. The highest BCUT2D eigenvalue weighted by atomic mass is 14.9. The molecule has 2 nitrogen and oxygen atoms in total. The second kappa shape index (κ2) is 5.32. The third-order valence-electron chi connectivity index (χ3n) is 3.73. The van der Waals surface area contributed by atoms with Crippen LogP contribution in [0, 0.1) is 0 Å². The third-order valence-corrected chi connectivity index (χ3v) is 3.73. The fourth-order valence-corrected chi connectivity index (χ4v) is 2.73. The summed E-state index contributed by atoms with van der Waals surface area (Å²) in [5, 5.41) is 3.51. The topological polar surface area (TPSA) is 24.9 Å². The van der Waals surface area contributed by atoms with E-state index in [2.05, 4.69) is 46.7 Å². The standard InChI is InChI=1S/C16H18N2/c1-2-4-16-14(3-1)11-18-12-15(16)6-5-13-7-9-17-10-8-13/h1-4,7-10,15,18H,5-6,11-12H2. The van der Waals surface area contributed by atoms with E-state index in [9.17, 15) is 0 Å². The Bertz CT molecular complexity index is 508. The molecule has 1 aliphatic rings. The minimum absolute atomic E-state index is 0.642. The van der Waals surface area contributed by atoms with Crippen molar-refractivity contribution in [3.05, 3.63) is 65.5 Å². The normalized spacial score (nSPS) is 18.3. The van der Waals surface area contributed by atoms with Gasteiger partial charge >= 0.3 is 0 Å². The van der Waals surface area contributed by atoms with Gasteiger partial charge in [-0.2, -0.15) is 0 Å². The van der Waals surface area contributed by atoms with E-state index in [1.807, 2.05) is 12.4 Å². The lowest BCUT2D eigenvalue weighted by Gasteiger charge is -2.26. The number of nitrogens with one attached hydrogen (secondary N) is 1. The van der Waals surface area contributed by atoms with Crippen molar-refractivity contribution < 1.29 is 0 Å². The van der Waals surface area contributed by atoms with Gasteiger partial charge in [0.2, 0.25) is 0 Å². The molecular weight excluding hydrogens is 220 g/mol. The van der Waals surface area contributed by atoms with Gasteiger partial charge in [0.1, 0.15) is 0 Å². The van der Waals surface area contributed by atoms with Gasteiger partial charge in [0.15, 0.2) is 0 Å². The second-order valence-electron chi connectivity index (χ2n) is 4.92. The van der Waals surface area contributed by atoms with Crippen molar-refractivity contribution in [1.29, 1.82) is 0 Å². The van der Waals surface area contributed by atoms with Gasteiger partial charge in [-0.1, -0.05) is 24.3 Å². The van der Waals surface area contributed by atoms with E-state index in [0.29, 0.717) is 5.92 Å². The highest BCUT2D eigenvalue weighted by Crippen LogP contribution is 2.27. The van der Waals surface area contributed by atoms with Crippen LogP contribution >= 0.6 is 0 Å². The molecule has 1 unspecified atom stereocenters. The van der Waals surface area contributed by atoms with E-state index in [1.54, 1.807) is 0 Å². The first kappa shape index (κ1) is 11.4. The fourth-order valence-electron chi connectivity index (χ4n) is 2.73. The van der Waals surface area contributed by atoms with Crippen molar-refractivity contribution in [1.82, 2.24) is 10.3 Å². The van der Waals surface area contributed by atoms with Crippen molar-refractivity contribution in [2.45, 2.75) is 25.3 Å². The molecule has 0 bridgehead atoms. The fraction of sp³-hybridized carbons (Fsp3) is 0.312. The molecule has 0 radical (unpaired) electrons. The van der Waals surface area contributed by atoms with E-state index >= 15 is 0 Å². The molecule has 2 aromatic rings.